The lowest BCUT2D eigenvalue weighted by molar-refractivity contribution is 0.106. The first-order valence-corrected chi connectivity index (χ1v) is 4.83. The highest BCUT2D eigenvalue weighted by Crippen LogP contribution is 2.16. The Labute approximate surface area is 89.0 Å². The van der Waals surface area contributed by atoms with Gasteiger partial charge in [0.25, 0.3) is 0 Å². The van der Waals surface area contributed by atoms with Crippen LogP contribution in [0.4, 0.5) is 0 Å². The van der Waals surface area contributed by atoms with Crippen molar-refractivity contribution < 1.29 is 14.6 Å². The molecule has 0 unspecified atom stereocenters. The fraction of sp³-hybridized carbons (Fsp3) is 0.364. The Hall–Kier alpha value is -1.55. The maximum Gasteiger partial charge on any atom is 0.217 e. The molecule has 0 aliphatic carbocycles. The van der Waals surface area contributed by atoms with Crippen molar-refractivity contribution in [2.75, 3.05) is 19.8 Å². The van der Waals surface area contributed by atoms with Crippen molar-refractivity contribution in [2.45, 2.75) is 6.92 Å². The molecule has 1 rings (SSSR count). The molecule has 0 radical (unpaired) electrons. The summed E-state index contributed by atoms with van der Waals surface area (Å²) in [5, 5.41) is 17.0. The summed E-state index contributed by atoms with van der Waals surface area (Å²) < 4.78 is 10.2. The lowest BCUT2D eigenvalue weighted by atomic mass is 10.2. The monoisotopic (exact) mass is 209 g/mol. The summed E-state index contributed by atoms with van der Waals surface area (Å²) in [4.78, 5) is 0. The highest BCUT2D eigenvalue weighted by atomic mass is 16.5. The zero-order chi connectivity index (χ0) is 11.1. The molecule has 0 saturated heterocycles. The molecule has 0 spiro atoms. The molecule has 2 N–H and O–H groups in total. The first kappa shape index (κ1) is 11.5. The molecule has 0 amide bonds. The molecule has 0 bridgehead atoms. The molecule has 4 nitrogen and oxygen atoms in total. The number of benzene rings is 1. The summed E-state index contributed by atoms with van der Waals surface area (Å²) in [6.07, 6.45) is 0. The number of ether oxygens (including phenoxy) is 2. The van der Waals surface area contributed by atoms with E-state index in [0.717, 1.165) is 0 Å². The van der Waals surface area contributed by atoms with E-state index in [4.69, 9.17) is 14.9 Å². The van der Waals surface area contributed by atoms with Gasteiger partial charge in [-0.15, -0.1) is 0 Å². The zero-order valence-corrected chi connectivity index (χ0v) is 8.69. The van der Waals surface area contributed by atoms with Crippen molar-refractivity contribution in [3.8, 4) is 5.75 Å². The molecular formula is C11H15NO3. The van der Waals surface area contributed by atoms with Gasteiger partial charge < -0.3 is 14.6 Å². The first-order chi connectivity index (χ1) is 7.25. The van der Waals surface area contributed by atoms with Crippen LogP contribution in [-0.4, -0.2) is 30.8 Å². The molecule has 0 aromatic heterocycles. The van der Waals surface area contributed by atoms with Crippen LogP contribution in [0.25, 0.3) is 0 Å². The van der Waals surface area contributed by atoms with Gasteiger partial charge in [-0.2, -0.15) is 0 Å². The molecule has 1 aromatic carbocycles. The van der Waals surface area contributed by atoms with Gasteiger partial charge in [0.1, 0.15) is 12.4 Å². The highest BCUT2D eigenvalue weighted by Gasteiger charge is 2.06. The number of nitrogens with one attached hydrogen (secondary N) is 1. The minimum absolute atomic E-state index is 0.0344. The minimum atomic E-state index is -0.0344. The van der Waals surface area contributed by atoms with Crippen LogP contribution in [-0.2, 0) is 9.47 Å². The minimum Gasteiger partial charge on any atom is -0.507 e. The van der Waals surface area contributed by atoms with Gasteiger partial charge >= 0.3 is 0 Å². The van der Waals surface area contributed by atoms with Crippen LogP contribution in [0.15, 0.2) is 24.3 Å². The standard InChI is InChI=1S/C11H15NO3/c1-2-14-7-8-15-11(12)9-5-3-4-6-10(9)13/h3-6,12-13H,2,7-8H2,1H3. The number of hydrogen-bond acceptors (Lipinski definition) is 4. The van der Waals surface area contributed by atoms with Gasteiger partial charge in [-0.05, 0) is 19.1 Å². The lowest BCUT2D eigenvalue weighted by Crippen LogP contribution is -2.10. The highest BCUT2D eigenvalue weighted by molar-refractivity contribution is 5.94. The zero-order valence-electron chi connectivity index (χ0n) is 8.69. The summed E-state index contributed by atoms with van der Waals surface area (Å²) in [6.45, 7) is 3.30. The molecule has 0 heterocycles. The van der Waals surface area contributed by atoms with Crippen molar-refractivity contribution in [3.63, 3.8) is 0 Å². The normalized spacial score (nSPS) is 9.93. The van der Waals surface area contributed by atoms with E-state index < -0.39 is 0 Å². The SMILES string of the molecule is CCOCCOC(=N)c1ccccc1O. The molecule has 15 heavy (non-hydrogen) atoms. The number of rotatable bonds is 5. The van der Waals surface area contributed by atoms with Gasteiger partial charge in [0.2, 0.25) is 5.90 Å². The maximum atomic E-state index is 9.43. The fourth-order valence-electron chi connectivity index (χ4n) is 1.09. The second kappa shape index (κ2) is 6.03. The predicted octanol–water partition coefficient (Wildman–Crippen LogP) is 1.77. The van der Waals surface area contributed by atoms with Gasteiger partial charge in [0, 0.05) is 6.61 Å². The molecule has 1 aromatic rings. The summed E-state index contributed by atoms with van der Waals surface area (Å²) >= 11 is 0. The number of aromatic hydroxyl groups is 1. The van der Waals surface area contributed by atoms with Gasteiger partial charge in [-0.1, -0.05) is 12.1 Å². The fourth-order valence-corrected chi connectivity index (χ4v) is 1.09. The molecule has 0 atom stereocenters. The summed E-state index contributed by atoms with van der Waals surface area (Å²) in [5.41, 5.74) is 0.397. The van der Waals surface area contributed by atoms with E-state index in [1.807, 2.05) is 6.92 Å². The smallest absolute Gasteiger partial charge is 0.217 e. The van der Waals surface area contributed by atoms with Crippen molar-refractivity contribution in [3.05, 3.63) is 29.8 Å². The van der Waals surface area contributed by atoms with E-state index in [1.54, 1.807) is 18.2 Å². The van der Waals surface area contributed by atoms with E-state index in [0.29, 0.717) is 25.4 Å². The number of hydrogen-bond donors (Lipinski definition) is 2. The Morgan fingerprint density at radius 1 is 1.33 bits per heavy atom. The Bertz CT molecular complexity index is 325. The molecule has 82 valence electrons. The number of para-hydroxylation sites is 1. The third-order valence-corrected chi connectivity index (χ3v) is 1.83. The largest absolute Gasteiger partial charge is 0.507 e. The van der Waals surface area contributed by atoms with Gasteiger partial charge in [-0.3, -0.25) is 5.41 Å². The van der Waals surface area contributed by atoms with Crippen molar-refractivity contribution in [1.29, 1.82) is 5.41 Å². The van der Waals surface area contributed by atoms with E-state index in [9.17, 15) is 5.11 Å². The average Bonchev–Trinajstić information content (AvgIpc) is 2.25. The Morgan fingerprint density at radius 2 is 2.07 bits per heavy atom. The number of phenols is 1. The van der Waals surface area contributed by atoms with E-state index in [2.05, 4.69) is 0 Å². The van der Waals surface area contributed by atoms with Crippen molar-refractivity contribution in [1.82, 2.24) is 0 Å². The Balaban J connectivity index is 2.44. The second-order valence-corrected chi connectivity index (χ2v) is 2.89. The van der Waals surface area contributed by atoms with Crippen LogP contribution in [0, 0.1) is 5.41 Å². The molecular weight excluding hydrogens is 194 g/mol. The maximum absolute atomic E-state index is 9.43. The first-order valence-electron chi connectivity index (χ1n) is 4.83. The van der Waals surface area contributed by atoms with E-state index in [1.165, 1.54) is 6.07 Å². The third-order valence-electron chi connectivity index (χ3n) is 1.83. The van der Waals surface area contributed by atoms with Gasteiger partial charge in [0.05, 0.1) is 12.2 Å². The Morgan fingerprint density at radius 3 is 2.73 bits per heavy atom. The summed E-state index contributed by atoms with van der Waals surface area (Å²) in [5.74, 6) is 0.0201. The van der Waals surface area contributed by atoms with Crippen LogP contribution in [0.2, 0.25) is 0 Å². The molecule has 0 saturated carbocycles. The molecule has 0 fully saturated rings. The third kappa shape index (κ3) is 3.59. The van der Waals surface area contributed by atoms with Crippen LogP contribution < -0.4 is 0 Å². The number of phenolic OH excluding ortho intramolecular Hbond substituents is 1. The van der Waals surface area contributed by atoms with E-state index >= 15 is 0 Å². The van der Waals surface area contributed by atoms with Gasteiger partial charge in [0.15, 0.2) is 0 Å². The van der Waals surface area contributed by atoms with Crippen LogP contribution >= 0.6 is 0 Å². The topological polar surface area (TPSA) is 62.5 Å². The van der Waals surface area contributed by atoms with Crippen LogP contribution in [0.3, 0.4) is 0 Å². The average molecular weight is 209 g/mol. The summed E-state index contributed by atoms with van der Waals surface area (Å²) in [6, 6.07) is 6.61. The Kier molecular flexibility index (Phi) is 4.63. The van der Waals surface area contributed by atoms with Crippen molar-refractivity contribution in [2.24, 2.45) is 0 Å². The lowest BCUT2D eigenvalue weighted by Gasteiger charge is -2.08. The van der Waals surface area contributed by atoms with E-state index in [-0.39, 0.29) is 11.6 Å². The van der Waals surface area contributed by atoms with Gasteiger partial charge in [-0.25, -0.2) is 0 Å². The molecule has 4 heteroatoms. The summed E-state index contributed by atoms with van der Waals surface area (Å²) in [7, 11) is 0. The predicted molar refractivity (Wildman–Crippen MR) is 57.4 cm³/mol. The van der Waals surface area contributed by atoms with Crippen molar-refractivity contribution >= 4 is 5.90 Å². The molecule has 0 aliphatic rings. The quantitative estimate of drug-likeness (QED) is 0.441. The second-order valence-electron chi connectivity index (χ2n) is 2.89. The molecule has 0 aliphatic heterocycles. The van der Waals surface area contributed by atoms with Crippen LogP contribution in [0.1, 0.15) is 12.5 Å². The van der Waals surface area contributed by atoms with Crippen LogP contribution in [0.5, 0.6) is 5.75 Å².